The molecule has 0 aliphatic heterocycles. The van der Waals surface area contributed by atoms with Gasteiger partial charge in [-0.15, -0.1) is 0 Å². The molecule has 8 heteroatoms. The van der Waals surface area contributed by atoms with Gasteiger partial charge in [-0.05, 0) is 43.2 Å². The highest BCUT2D eigenvalue weighted by atomic mass is 35.5. The van der Waals surface area contributed by atoms with E-state index in [0.717, 1.165) is 27.7 Å². The zero-order valence-electron chi connectivity index (χ0n) is 16.7. The van der Waals surface area contributed by atoms with Crippen LogP contribution < -0.4 is 9.62 Å². The van der Waals surface area contributed by atoms with Crippen LogP contribution in [0.4, 0.5) is 5.69 Å². The second-order valence-electron chi connectivity index (χ2n) is 6.81. The van der Waals surface area contributed by atoms with Gasteiger partial charge < -0.3 is 5.32 Å². The van der Waals surface area contributed by atoms with Gasteiger partial charge in [-0.25, -0.2) is 8.42 Å². The topological polar surface area (TPSA) is 66.5 Å². The van der Waals surface area contributed by atoms with E-state index in [1.807, 2.05) is 43.3 Å². The summed E-state index contributed by atoms with van der Waals surface area (Å²) in [5, 5.41) is 3.61. The van der Waals surface area contributed by atoms with Gasteiger partial charge >= 0.3 is 0 Å². The molecule has 0 fully saturated rings. The predicted octanol–water partition coefficient (Wildman–Crippen LogP) is 4.24. The lowest BCUT2D eigenvalue weighted by atomic mass is 10.2. The molecule has 0 atom stereocenters. The maximum atomic E-state index is 12.1. The average Bonchev–Trinajstić information content (AvgIpc) is 2.65. The molecule has 1 amide bonds. The fraction of sp³-hybridized carbons (Fsp3) is 0.381. The Morgan fingerprint density at radius 1 is 1.17 bits per heavy atom. The third-order valence-electron chi connectivity index (χ3n) is 4.21. The molecular formula is C21H27ClN2O3S2. The summed E-state index contributed by atoms with van der Waals surface area (Å²) >= 11 is 7.69. The van der Waals surface area contributed by atoms with E-state index < -0.39 is 10.0 Å². The molecule has 2 aromatic carbocycles. The summed E-state index contributed by atoms with van der Waals surface area (Å²) in [4.78, 5) is 12.0. The fourth-order valence-corrected chi connectivity index (χ4v) is 4.73. The molecule has 0 heterocycles. The van der Waals surface area contributed by atoms with Crippen molar-refractivity contribution in [3.05, 3.63) is 64.7 Å². The zero-order chi connectivity index (χ0) is 21.3. The molecule has 158 valence electrons. The highest BCUT2D eigenvalue weighted by molar-refractivity contribution is 7.98. The van der Waals surface area contributed by atoms with Crippen LogP contribution in [0.5, 0.6) is 0 Å². The number of thioether (sulfide) groups is 1. The molecule has 0 bridgehead atoms. The SMILES string of the molecule is Cc1ccc(N(CCCC(=O)NCCSCc2cccc(Cl)c2)S(C)(=O)=O)cc1. The number of benzene rings is 2. The van der Waals surface area contributed by atoms with Crippen molar-refractivity contribution in [3.8, 4) is 0 Å². The van der Waals surface area contributed by atoms with E-state index in [4.69, 9.17) is 11.6 Å². The van der Waals surface area contributed by atoms with Crippen LogP contribution in [0.2, 0.25) is 5.02 Å². The van der Waals surface area contributed by atoms with Crippen LogP contribution in [-0.2, 0) is 20.6 Å². The van der Waals surface area contributed by atoms with Crippen LogP contribution in [0.25, 0.3) is 0 Å². The van der Waals surface area contributed by atoms with E-state index in [2.05, 4.69) is 5.32 Å². The van der Waals surface area contributed by atoms with Crippen molar-refractivity contribution < 1.29 is 13.2 Å². The molecule has 2 rings (SSSR count). The van der Waals surface area contributed by atoms with Crippen molar-refractivity contribution >= 4 is 45.0 Å². The monoisotopic (exact) mass is 454 g/mol. The van der Waals surface area contributed by atoms with Crippen LogP contribution in [0, 0.1) is 6.92 Å². The second-order valence-corrected chi connectivity index (χ2v) is 10.3. The first-order chi connectivity index (χ1) is 13.8. The highest BCUT2D eigenvalue weighted by Crippen LogP contribution is 2.19. The van der Waals surface area contributed by atoms with E-state index in [1.165, 1.54) is 10.6 Å². The third kappa shape index (κ3) is 8.68. The van der Waals surface area contributed by atoms with Crippen molar-refractivity contribution in [2.45, 2.75) is 25.5 Å². The number of halogens is 1. The first-order valence-corrected chi connectivity index (χ1v) is 12.8. The number of anilines is 1. The maximum absolute atomic E-state index is 12.1. The van der Waals surface area contributed by atoms with Crippen molar-refractivity contribution in [3.63, 3.8) is 0 Å². The lowest BCUT2D eigenvalue weighted by Crippen LogP contribution is -2.32. The Balaban J connectivity index is 1.69. The first kappa shape index (κ1) is 23.6. The van der Waals surface area contributed by atoms with Crippen LogP contribution in [0.1, 0.15) is 24.0 Å². The molecule has 0 saturated heterocycles. The van der Waals surface area contributed by atoms with Crippen LogP contribution in [0.3, 0.4) is 0 Å². The largest absolute Gasteiger partial charge is 0.355 e. The molecular weight excluding hydrogens is 428 g/mol. The number of amides is 1. The molecule has 2 aromatic rings. The number of carbonyl (C=O) groups is 1. The lowest BCUT2D eigenvalue weighted by Gasteiger charge is -2.22. The van der Waals surface area contributed by atoms with Gasteiger partial charge in [0, 0.05) is 36.0 Å². The van der Waals surface area contributed by atoms with Crippen LogP contribution in [0.15, 0.2) is 48.5 Å². The van der Waals surface area contributed by atoms with Gasteiger partial charge in [0.15, 0.2) is 0 Å². The minimum atomic E-state index is -3.39. The Morgan fingerprint density at radius 3 is 2.55 bits per heavy atom. The smallest absolute Gasteiger partial charge is 0.232 e. The third-order valence-corrected chi connectivity index (χ3v) is 6.67. The molecule has 1 N–H and O–H groups in total. The molecule has 5 nitrogen and oxygen atoms in total. The molecule has 0 spiro atoms. The summed E-state index contributed by atoms with van der Waals surface area (Å²) in [5.74, 6) is 1.58. The number of carbonyl (C=O) groups excluding carboxylic acids is 1. The summed E-state index contributed by atoms with van der Waals surface area (Å²) in [6.07, 6.45) is 1.93. The van der Waals surface area contributed by atoms with E-state index in [1.54, 1.807) is 23.9 Å². The molecule has 0 unspecified atom stereocenters. The number of nitrogens with one attached hydrogen (secondary N) is 1. The van der Waals surface area contributed by atoms with Crippen molar-refractivity contribution in [1.29, 1.82) is 0 Å². The van der Waals surface area contributed by atoms with Gasteiger partial charge in [-0.2, -0.15) is 11.8 Å². The Bertz CT molecular complexity index is 902. The zero-order valence-corrected chi connectivity index (χ0v) is 19.1. The maximum Gasteiger partial charge on any atom is 0.232 e. The summed E-state index contributed by atoms with van der Waals surface area (Å²) in [6.45, 7) is 2.81. The van der Waals surface area contributed by atoms with E-state index in [-0.39, 0.29) is 18.9 Å². The normalized spacial score (nSPS) is 11.3. The molecule has 0 saturated carbocycles. The van der Waals surface area contributed by atoms with Gasteiger partial charge in [-0.1, -0.05) is 41.4 Å². The van der Waals surface area contributed by atoms with E-state index >= 15 is 0 Å². The Morgan fingerprint density at radius 2 is 1.90 bits per heavy atom. The van der Waals surface area contributed by atoms with E-state index in [9.17, 15) is 13.2 Å². The Labute approximate surface area is 182 Å². The second kappa shape index (κ2) is 11.5. The van der Waals surface area contributed by atoms with Gasteiger partial charge in [0.2, 0.25) is 15.9 Å². The number of sulfonamides is 1. The molecule has 0 aliphatic rings. The molecule has 0 aromatic heterocycles. The quantitative estimate of drug-likeness (QED) is 0.515. The van der Waals surface area contributed by atoms with Crippen molar-refractivity contribution in [1.82, 2.24) is 5.32 Å². The first-order valence-electron chi connectivity index (χ1n) is 9.39. The predicted molar refractivity (Wildman–Crippen MR) is 123 cm³/mol. The van der Waals surface area contributed by atoms with Gasteiger partial charge in [0.05, 0.1) is 11.9 Å². The molecule has 29 heavy (non-hydrogen) atoms. The van der Waals surface area contributed by atoms with Gasteiger partial charge in [0.25, 0.3) is 0 Å². The number of hydrogen-bond donors (Lipinski definition) is 1. The lowest BCUT2D eigenvalue weighted by molar-refractivity contribution is -0.121. The number of aryl methyl sites for hydroxylation is 1. The highest BCUT2D eigenvalue weighted by Gasteiger charge is 2.17. The number of rotatable bonds is 11. The van der Waals surface area contributed by atoms with Crippen molar-refractivity contribution in [2.75, 3.05) is 29.4 Å². The molecule has 0 radical (unpaired) electrons. The van der Waals surface area contributed by atoms with Crippen LogP contribution >= 0.6 is 23.4 Å². The van der Waals surface area contributed by atoms with Crippen LogP contribution in [-0.4, -0.2) is 39.4 Å². The summed E-state index contributed by atoms with van der Waals surface area (Å²) in [7, 11) is -3.39. The fourth-order valence-electron chi connectivity index (χ4n) is 2.75. The van der Waals surface area contributed by atoms with E-state index in [0.29, 0.717) is 18.7 Å². The van der Waals surface area contributed by atoms with Gasteiger partial charge in [-0.3, -0.25) is 9.10 Å². The molecule has 0 aliphatic carbocycles. The minimum absolute atomic E-state index is 0.0642. The Hall–Kier alpha value is -1.70. The standard InChI is InChI=1S/C21H27ClN2O3S2/c1-17-8-10-20(11-9-17)24(29(2,26)27)13-4-7-21(25)23-12-14-28-16-18-5-3-6-19(22)15-18/h3,5-6,8-11,15H,4,7,12-14,16H2,1-2H3,(H,23,25). The minimum Gasteiger partial charge on any atom is -0.355 e. The summed E-state index contributed by atoms with van der Waals surface area (Å²) in [5.41, 5.74) is 2.84. The van der Waals surface area contributed by atoms with Gasteiger partial charge in [0.1, 0.15) is 0 Å². The number of hydrogen-bond acceptors (Lipinski definition) is 4. The van der Waals surface area contributed by atoms with Crippen molar-refractivity contribution in [2.24, 2.45) is 0 Å². The Kier molecular flexibility index (Phi) is 9.33. The summed E-state index contributed by atoms with van der Waals surface area (Å²) in [6, 6.07) is 15.1. The number of nitrogens with zero attached hydrogens (tertiary/aromatic N) is 1. The average molecular weight is 455 g/mol. The summed E-state index contributed by atoms with van der Waals surface area (Å²) < 4.78 is 25.5.